The smallest absolute Gasteiger partial charge is 0.0858 e. The maximum absolute atomic E-state index is 5.95. The van der Waals surface area contributed by atoms with Gasteiger partial charge in [0.2, 0.25) is 0 Å². The highest BCUT2D eigenvalue weighted by Gasteiger charge is 2.27. The predicted octanol–water partition coefficient (Wildman–Crippen LogP) is 0.580. The molecule has 1 aromatic rings. The molecule has 2 unspecified atom stereocenters. The molecule has 0 aromatic carbocycles. The van der Waals surface area contributed by atoms with Gasteiger partial charge in [0, 0.05) is 38.3 Å². The highest BCUT2D eigenvalue weighted by atomic mass is 16.5. The van der Waals surface area contributed by atoms with Crippen LogP contribution in [-0.4, -0.2) is 60.1 Å². The third kappa shape index (κ3) is 3.55. The van der Waals surface area contributed by atoms with Gasteiger partial charge in [-0.05, 0) is 26.6 Å². The molecule has 0 bridgehead atoms. The van der Waals surface area contributed by atoms with Crippen molar-refractivity contribution in [3.05, 3.63) is 17.5 Å². The maximum Gasteiger partial charge on any atom is 0.0858 e. The molecule has 1 aliphatic heterocycles. The third-order valence-electron chi connectivity index (χ3n) is 3.97. The van der Waals surface area contributed by atoms with Crippen LogP contribution in [0.15, 0.2) is 6.07 Å². The quantitative estimate of drug-likeness (QED) is 0.846. The Kier molecular flexibility index (Phi) is 4.96. The van der Waals surface area contributed by atoms with Gasteiger partial charge in [0.15, 0.2) is 0 Å². The van der Waals surface area contributed by atoms with E-state index in [0.717, 1.165) is 38.4 Å². The van der Waals surface area contributed by atoms with E-state index in [9.17, 15) is 0 Å². The molecular weight excluding hydrogens is 240 g/mol. The van der Waals surface area contributed by atoms with E-state index in [0.29, 0.717) is 6.04 Å². The number of ether oxygens (including phenoxy) is 1. The fraction of sp³-hybridized carbons (Fsp3) is 0.786. The van der Waals surface area contributed by atoms with E-state index in [1.54, 1.807) is 0 Å². The van der Waals surface area contributed by atoms with E-state index in [-0.39, 0.29) is 6.10 Å². The van der Waals surface area contributed by atoms with Crippen molar-refractivity contribution in [2.45, 2.75) is 32.4 Å². The second kappa shape index (κ2) is 6.50. The van der Waals surface area contributed by atoms with E-state index in [1.807, 2.05) is 25.7 Å². The van der Waals surface area contributed by atoms with Crippen molar-refractivity contribution in [3.63, 3.8) is 0 Å². The first-order valence-corrected chi connectivity index (χ1v) is 7.14. The molecule has 1 aromatic heterocycles. The van der Waals surface area contributed by atoms with Crippen molar-refractivity contribution in [3.8, 4) is 0 Å². The topological polar surface area (TPSA) is 42.3 Å². The highest BCUT2D eigenvalue weighted by molar-refractivity contribution is 5.10. The van der Waals surface area contributed by atoms with Crippen molar-refractivity contribution in [1.29, 1.82) is 0 Å². The number of aryl methyl sites for hydroxylation is 2. The lowest BCUT2D eigenvalue weighted by Crippen LogP contribution is -2.52. The summed E-state index contributed by atoms with van der Waals surface area (Å²) < 4.78 is 7.92. The van der Waals surface area contributed by atoms with Crippen LogP contribution < -0.4 is 5.32 Å². The number of rotatable bonds is 5. The number of likely N-dealkylation sites (N-methyl/N-ethyl adjacent to an activating group) is 2. The molecule has 19 heavy (non-hydrogen) atoms. The lowest BCUT2D eigenvalue weighted by Gasteiger charge is -2.36. The van der Waals surface area contributed by atoms with Crippen LogP contribution >= 0.6 is 0 Å². The number of nitrogens with one attached hydrogen (secondary N) is 1. The van der Waals surface area contributed by atoms with Gasteiger partial charge in [-0.2, -0.15) is 5.10 Å². The van der Waals surface area contributed by atoms with E-state index >= 15 is 0 Å². The Labute approximate surface area is 115 Å². The molecule has 0 saturated carbocycles. The molecule has 0 aliphatic carbocycles. The number of hydrogen-bond donors (Lipinski definition) is 1. The summed E-state index contributed by atoms with van der Waals surface area (Å²) in [4.78, 5) is 2.45. The summed E-state index contributed by atoms with van der Waals surface area (Å²) in [6.45, 7) is 8.24. The Morgan fingerprint density at radius 2 is 2.37 bits per heavy atom. The van der Waals surface area contributed by atoms with Gasteiger partial charge in [0.05, 0.1) is 18.4 Å². The number of morpholine rings is 1. The Morgan fingerprint density at radius 1 is 1.58 bits per heavy atom. The SMILES string of the molecule is CCN1CCOC(C(Cc2cc(C)nn2C)NC)C1. The molecule has 0 amide bonds. The first-order chi connectivity index (χ1) is 9.13. The fourth-order valence-corrected chi connectivity index (χ4v) is 2.76. The average Bonchev–Trinajstić information content (AvgIpc) is 2.74. The van der Waals surface area contributed by atoms with Gasteiger partial charge in [0.25, 0.3) is 0 Å². The Balaban J connectivity index is 2.01. The largest absolute Gasteiger partial charge is 0.374 e. The normalized spacial score (nSPS) is 22.6. The monoisotopic (exact) mass is 266 g/mol. The molecule has 1 fully saturated rings. The minimum Gasteiger partial charge on any atom is -0.374 e. The van der Waals surface area contributed by atoms with Gasteiger partial charge in [0.1, 0.15) is 0 Å². The fourth-order valence-electron chi connectivity index (χ4n) is 2.76. The Morgan fingerprint density at radius 3 is 2.95 bits per heavy atom. The molecule has 1 saturated heterocycles. The Hall–Kier alpha value is -0.910. The first-order valence-electron chi connectivity index (χ1n) is 7.14. The van der Waals surface area contributed by atoms with Crippen LogP contribution in [0.25, 0.3) is 0 Å². The summed E-state index contributed by atoms with van der Waals surface area (Å²) in [6, 6.07) is 2.49. The van der Waals surface area contributed by atoms with Gasteiger partial charge in [-0.3, -0.25) is 9.58 Å². The molecule has 2 atom stereocenters. The molecular formula is C14H26N4O. The highest BCUT2D eigenvalue weighted by Crippen LogP contribution is 2.13. The first kappa shape index (κ1) is 14.5. The lowest BCUT2D eigenvalue weighted by atomic mass is 10.0. The van der Waals surface area contributed by atoms with Gasteiger partial charge in [-0.25, -0.2) is 0 Å². The third-order valence-corrected chi connectivity index (χ3v) is 3.97. The van der Waals surface area contributed by atoms with Gasteiger partial charge in [-0.1, -0.05) is 6.92 Å². The van der Waals surface area contributed by atoms with Crippen molar-refractivity contribution < 1.29 is 4.74 Å². The second-order valence-electron chi connectivity index (χ2n) is 5.30. The zero-order valence-corrected chi connectivity index (χ0v) is 12.5. The number of hydrogen-bond acceptors (Lipinski definition) is 4. The Bertz CT molecular complexity index is 404. The van der Waals surface area contributed by atoms with Crippen LogP contribution in [0.1, 0.15) is 18.3 Å². The molecule has 2 heterocycles. The molecule has 5 heteroatoms. The molecule has 1 aliphatic rings. The summed E-state index contributed by atoms with van der Waals surface area (Å²) in [5, 5.41) is 7.82. The lowest BCUT2D eigenvalue weighted by molar-refractivity contribution is -0.0438. The summed E-state index contributed by atoms with van der Waals surface area (Å²) in [5.74, 6) is 0. The average molecular weight is 266 g/mol. The van der Waals surface area contributed by atoms with Crippen LogP contribution in [0.2, 0.25) is 0 Å². The summed E-state index contributed by atoms with van der Waals surface area (Å²) in [5.41, 5.74) is 2.33. The number of aromatic nitrogens is 2. The zero-order chi connectivity index (χ0) is 13.8. The van der Waals surface area contributed by atoms with Crippen molar-refractivity contribution >= 4 is 0 Å². The summed E-state index contributed by atoms with van der Waals surface area (Å²) in [6.07, 6.45) is 1.21. The molecule has 1 N–H and O–H groups in total. The summed E-state index contributed by atoms with van der Waals surface area (Å²) >= 11 is 0. The van der Waals surface area contributed by atoms with Crippen LogP contribution in [0, 0.1) is 6.92 Å². The van der Waals surface area contributed by atoms with E-state index in [4.69, 9.17) is 4.74 Å². The van der Waals surface area contributed by atoms with Gasteiger partial charge in [-0.15, -0.1) is 0 Å². The van der Waals surface area contributed by atoms with Gasteiger partial charge < -0.3 is 10.1 Å². The molecule has 108 valence electrons. The minimum absolute atomic E-state index is 0.258. The molecule has 5 nitrogen and oxygen atoms in total. The molecule has 0 spiro atoms. The van der Waals surface area contributed by atoms with E-state index in [2.05, 4.69) is 28.3 Å². The zero-order valence-electron chi connectivity index (χ0n) is 12.5. The predicted molar refractivity (Wildman–Crippen MR) is 76.4 cm³/mol. The van der Waals surface area contributed by atoms with E-state index in [1.165, 1.54) is 5.69 Å². The van der Waals surface area contributed by atoms with Gasteiger partial charge >= 0.3 is 0 Å². The van der Waals surface area contributed by atoms with Crippen molar-refractivity contribution in [1.82, 2.24) is 20.0 Å². The summed E-state index contributed by atoms with van der Waals surface area (Å²) in [7, 11) is 4.03. The number of nitrogens with zero attached hydrogens (tertiary/aromatic N) is 3. The van der Waals surface area contributed by atoms with Crippen LogP contribution in [0.3, 0.4) is 0 Å². The van der Waals surface area contributed by atoms with E-state index < -0.39 is 0 Å². The van der Waals surface area contributed by atoms with Crippen molar-refractivity contribution in [2.75, 3.05) is 33.3 Å². The van der Waals surface area contributed by atoms with Crippen LogP contribution in [-0.2, 0) is 18.2 Å². The molecule has 0 radical (unpaired) electrons. The maximum atomic E-state index is 5.95. The molecule has 2 rings (SSSR count). The van der Waals surface area contributed by atoms with Crippen molar-refractivity contribution in [2.24, 2.45) is 7.05 Å². The second-order valence-corrected chi connectivity index (χ2v) is 5.30. The minimum atomic E-state index is 0.258. The van der Waals surface area contributed by atoms with Crippen LogP contribution in [0.5, 0.6) is 0 Å². The standard InChI is InChI=1S/C14H26N4O/c1-5-18-6-7-19-14(10-18)13(15-3)9-12-8-11(2)16-17(12)4/h8,13-15H,5-7,9-10H2,1-4H3. The van der Waals surface area contributed by atoms with Crippen LogP contribution in [0.4, 0.5) is 0 Å².